The Kier molecular flexibility index (Phi) is 4.66. The highest BCUT2D eigenvalue weighted by Crippen LogP contribution is 2.32. The van der Waals surface area contributed by atoms with Crippen LogP contribution in [0.4, 0.5) is 0 Å². The molecule has 0 radical (unpaired) electrons. The van der Waals surface area contributed by atoms with Crippen LogP contribution in [0, 0.1) is 6.92 Å². The summed E-state index contributed by atoms with van der Waals surface area (Å²) < 4.78 is 27.3. The topological polar surface area (TPSA) is 63.4 Å². The van der Waals surface area contributed by atoms with Gasteiger partial charge in [-0.25, -0.2) is 8.42 Å². The maximum Gasteiger partial charge on any atom is 0.244 e. The minimum absolute atomic E-state index is 0.177. The second-order valence-electron chi connectivity index (χ2n) is 4.98. The van der Waals surface area contributed by atoms with E-state index >= 15 is 0 Å². The summed E-state index contributed by atoms with van der Waals surface area (Å²) in [5.74, 6) is 0. The van der Waals surface area contributed by atoms with Crippen molar-refractivity contribution in [3.8, 4) is 0 Å². The molecule has 0 aliphatic heterocycles. The zero-order chi connectivity index (χ0) is 14.0. The third-order valence-corrected chi connectivity index (χ3v) is 7.11. The molecule has 0 bridgehead atoms. The van der Waals surface area contributed by atoms with Gasteiger partial charge in [0.2, 0.25) is 10.0 Å². The third kappa shape index (κ3) is 2.86. The van der Waals surface area contributed by atoms with Gasteiger partial charge in [0.1, 0.15) is 0 Å². The minimum Gasteiger partial charge on any atom is -0.326 e. The van der Waals surface area contributed by atoms with Crippen LogP contribution in [0.15, 0.2) is 11.0 Å². The number of aryl methyl sites for hydroxylation is 1. The summed E-state index contributed by atoms with van der Waals surface area (Å²) in [5.41, 5.74) is 5.61. The minimum atomic E-state index is -3.37. The molecule has 2 rings (SSSR count). The SMILES string of the molecule is CCN(C1CCCC1)S(=O)(=O)c1cc(CN)sc1C. The summed E-state index contributed by atoms with van der Waals surface area (Å²) >= 11 is 1.48. The maximum absolute atomic E-state index is 12.8. The van der Waals surface area contributed by atoms with Gasteiger partial charge in [0.15, 0.2) is 0 Å². The lowest BCUT2D eigenvalue weighted by atomic mass is 10.2. The second kappa shape index (κ2) is 5.91. The molecule has 0 saturated heterocycles. The number of nitrogens with zero attached hydrogens (tertiary/aromatic N) is 1. The van der Waals surface area contributed by atoms with Crippen LogP contribution >= 0.6 is 11.3 Å². The van der Waals surface area contributed by atoms with Crippen molar-refractivity contribution in [2.75, 3.05) is 6.54 Å². The molecule has 1 aliphatic rings. The second-order valence-corrected chi connectivity index (χ2v) is 8.18. The summed E-state index contributed by atoms with van der Waals surface area (Å²) in [7, 11) is -3.37. The van der Waals surface area contributed by atoms with Crippen LogP contribution in [0.25, 0.3) is 0 Å². The summed E-state index contributed by atoms with van der Waals surface area (Å²) in [5, 5.41) is 0. The lowest BCUT2D eigenvalue weighted by molar-refractivity contribution is 0.335. The standard InChI is InChI=1S/C13H22N2O2S2/c1-3-15(11-6-4-5-7-11)19(16,17)13-8-12(9-14)18-10(13)2/h8,11H,3-7,9,14H2,1-2H3. The quantitative estimate of drug-likeness (QED) is 0.909. The number of hydrogen-bond acceptors (Lipinski definition) is 4. The van der Waals surface area contributed by atoms with E-state index in [4.69, 9.17) is 5.73 Å². The van der Waals surface area contributed by atoms with E-state index in [0.29, 0.717) is 18.0 Å². The van der Waals surface area contributed by atoms with Crippen LogP contribution in [0.2, 0.25) is 0 Å². The molecule has 1 saturated carbocycles. The van der Waals surface area contributed by atoms with E-state index in [1.807, 2.05) is 13.8 Å². The van der Waals surface area contributed by atoms with Gasteiger partial charge in [-0.1, -0.05) is 19.8 Å². The van der Waals surface area contributed by atoms with Gasteiger partial charge in [-0.15, -0.1) is 11.3 Å². The highest BCUT2D eigenvalue weighted by molar-refractivity contribution is 7.89. The molecule has 19 heavy (non-hydrogen) atoms. The predicted molar refractivity (Wildman–Crippen MR) is 78.8 cm³/mol. The van der Waals surface area contributed by atoms with Gasteiger partial charge in [-0.3, -0.25) is 0 Å². The Morgan fingerprint density at radius 1 is 1.42 bits per heavy atom. The Labute approximate surface area is 119 Å². The van der Waals surface area contributed by atoms with Gasteiger partial charge in [0.05, 0.1) is 4.90 Å². The molecule has 4 nitrogen and oxygen atoms in total. The van der Waals surface area contributed by atoms with Crippen molar-refractivity contribution in [3.63, 3.8) is 0 Å². The Morgan fingerprint density at radius 2 is 2.05 bits per heavy atom. The van der Waals surface area contributed by atoms with Crippen LogP contribution in [0.1, 0.15) is 42.4 Å². The molecule has 0 spiro atoms. The fourth-order valence-electron chi connectivity index (χ4n) is 2.82. The highest BCUT2D eigenvalue weighted by atomic mass is 32.2. The van der Waals surface area contributed by atoms with Gasteiger partial charge in [0.25, 0.3) is 0 Å². The first kappa shape index (κ1) is 15.0. The van der Waals surface area contributed by atoms with Gasteiger partial charge in [-0.05, 0) is 25.8 Å². The average Bonchev–Trinajstić information content (AvgIpc) is 2.99. The zero-order valence-corrected chi connectivity index (χ0v) is 13.2. The first-order chi connectivity index (χ1) is 9.00. The van der Waals surface area contributed by atoms with Crippen LogP contribution in [-0.2, 0) is 16.6 Å². The average molecular weight is 302 g/mol. The van der Waals surface area contributed by atoms with Crippen molar-refractivity contribution in [2.45, 2.75) is 57.0 Å². The van der Waals surface area contributed by atoms with Gasteiger partial charge >= 0.3 is 0 Å². The molecular weight excluding hydrogens is 280 g/mol. The van der Waals surface area contributed by atoms with E-state index in [2.05, 4.69) is 0 Å². The molecule has 108 valence electrons. The molecule has 6 heteroatoms. The largest absolute Gasteiger partial charge is 0.326 e. The molecule has 1 fully saturated rings. The number of nitrogens with two attached hydrogens (primary N) is 1. The summed E-state index contributed by atoms with van der Waals surface area (Å²) in [6.45, 7) is 4.72. The first-order valence-electron chi connectivity index (χ1n) is 6.82. The van der Waals surface area contributed by atoms with E-state index in [0.717, 1.165) is 35.4 Å². The monoisotopic (exact) mass is 302 g/mol. The summed E-state index contributed by atoms with van der Waals surface area (Å²) in [6.07, 6.45) is 4.24. The zero-order valence-electron chi connectivity index (χ0n) is 11.6. The molecular formula is C13H22N2O2S2. The maximum atomic E-state index is 12.8. The fraction of sp³-hybridized carbons (Fsp3) is 0.692. The van der Waals surface area contributed by atoms with Crippen molar-refractivity contribution in [1.29, 1.82) is 0 Å². The predicted octanol–water partition coefficient (Wildman–Crippen LogP) is 2.47. The Bertz CT molecular complexity index is 531. The molecule has 0 unspecified atom stereocenters. The highest BCUT2D eigenvalue weighted by Gasteiger charge is 2.33. The molecule has 0 aromatic carbocycles. The smallest absolute Gasteiger partial charge is 0.244 e. The third-order valence-electron chi connectivity index (χ3n) is 3.75. The Morgan fingerprint density at radius 3 is 2.53 bits per heavy atom. The van der Waals surface area contributed by atoms with Crippen molar-refractivity contribution >= 4 is 21.4 Å². The van der Waals surface area contributed by atoms with E-state index in [-0.39, 0.29) is 6.04 Å². The van der Waals surface area contributed by atoms with Crippen molar-refractivity contribution < 1.29 is 8.42 Å². The lowest BCUT2D eigenvalue weighted by Gasteiger charge is -2.26. The molecule has 1 aromatic rings. The Hall–Kier alpha value is -0.430. The fourth-order valence-corrected chi connectivity index (χ4v) is 6.00. The number of rotatable bonds is 5. The van der Waals surface area contributed by atoms with Crippen LogP contribution < -0.4 is 5.73 Å². The van der Waals surface area contributed by atoms with E-state index in [9.17, 15) is 8.42 Å². The van der Waals surface area contributed by atoms with Crippen LogP contribution in [0.5, 0.6) is 0 Å². The van der Waals surface area contributed by atoms with Crippen LogP contribution in [0.3, 0.4) is 0 Å². The van der Waals surface area contributed by atoms with Crippen molar-refractivity contribution in [1.82, 2.24) is 4.31 Å². The Balaban J connectivity index is 2.36. The molecule has 1 heterocycles. The molecule has 0 amide bonds. The molecule has 1 aliphatic carbocycles. The summed E-state index contributed by atoms with van der Waals surface area (Å²) in [6, 6.07) is 1.92. The normalized spacial score (nSPS) is 17.5. The molecule has 1 aromatic heterocycles. The number of hydrogen-bond donors (Lipinski definition) is 1. The lowest BCUT2D eigenvalue weighted by Crippen LogP contribution is -2.38. The van der Waals surface area contributed by atoms with Gasteiger partial charge < -0.3 is 5.73 Å². The van der Waals surface area contributed by atoms with E-state index < -0.39 is 10.0 Å². The number of thiophene rings is 1. The van der Waals surface area contributed by atoms with E-state index in [1.165, 1.54) is 11.3 Å². The van der Waals surface area contributed by atoms with Crippen LogP contribution in [-0.4, -0.2) is 25.3 Å². The van der Waals surface area contributed by atoms with Gasteiger partial charge in [-0.2, -0.15) is 4.31 Å². The van der Waals surface area contributed by atoms with E-state index in [1.54, 1.807) is 10.4 Å². The number of sulfonamides is 1. The van der Waals surface area contributed by atoms with Crippen molar-refractivity contribution in [3.05, 3.63) is 15.8 Å². The van der Waals surface area contributed by atoms with Crippen molar-refractivity contribution in [2.24, 2.45) is 5.73 Å². The first-order valence-corrected chi connectivity index (χ1v) is 9.07. The van der Waals surface area contributed by atoms with Gasteiger partial charge in [0, 0.05) is 28.9 Å². The molecule has 2 N–H and O–H groups in total. The molecule has 0 atom stereocenters. The summed E-state index contributed by atoms with van der Waals surface area (Å²) in [4.78, 5) is 2.22.